The molecule has 0 amide bonds. The molecule has 3 rings (SSSR count). The maximum absolute atomic E-state index is 13.0. The first-order chi connectivity index (χ1) is 14.0. The van der Waals surface area contributed by atoms with Crippen molar-refractivity contribution in [3.63, 3.8) is 0 Å². The summed E-state index contributed by atoms with van der Waals surface area (Å²) < 4.78 is 45.3. The zero-order valence-electron chi connectivity index (χ0n) is 17.5. The minimum atomic E-state index is -4.49. The van der Waals surface area contributed by atoms with Crippen LogP contribution in [-0.2, 0) is 19.3 Å². The van der Waals surface area contributed by atoms with E-state index in [2.05, 4.69) is 53.7 Å². The lowest BCUT2D eigenvalue weighted by Crippen LogP contribution is -2.27. The summed E-state index contributed by atoms with van der Waals surface area (Å²) in [4.78, 5) is 2.15. The predicted octanol–water partition coefficient (Wildman–Crippen LogP) is 7.75. The van der Waals surface area contributed by atoms with Gasteiger partial charge in [-0.1, -0.05) is 45.8 Å². The number of hydrogen-bond donors (Lipinski definition) is 0. The Bertz CT molecular complexity index is 985. The number of alkyl halides is 3. The van der Waals surface area contributed by atoms with E-state index in [1.807, 2.05) is 31.2 Å². The molecule has 0 aliphatic carbocycles. The van der Waals surface area contributed by atoms with Crippen LogP contribution in [0, 0.1) is 20.8 Å². The van der Waals surface area contributed by atoms with Gasteiger partial charge in [-0.2, -0.15) is 13.2 Å². The molecule has 0 spiro atoms. The fraction of sp³-hybridized carbons (Fsp3) is 0.333. The standard InChI is InChI=1S/C24H25BrF3NO/c1-15-11-16(2)21(17(3)12-15)14-29(13-19-5-7-20(25)8-6-19)18(4)22-9-10-23(30-22)24(26,27)28/h5-12,18H,13-14H2,1-4H3. The minimum absolute atomic E-state index is 0.307. The van der Waals surface area contributed by atoms with Gasteiger partial charge < -0.3 is 4.42 Å². The lowest BCUT2D eigenvalue weighted by molar-refractivity contribution is -0.153. The van der Waals surface area contributed by atoms with E-state index >= 15 is 0 Å². The van der Waals surface area contributed by atoms with Gasteiger partial charge in [-0.25, -0.2) is 0 Å². The van der Waals surface area contributed by atoms with E-state index in [4.69, 9.17) is 4.42 Å². The second-order valence-corrected chi connectivity index (χ2v) is 8.70. The maximum atomic E-state index is 13.0. The van der Waals surface area contributed by atoms with Crippen molar-refractivity contribution in [3.05, 3.63) is 92.3 Å². The third-order valence-corrected chi connectivity index (χ3v) is 5.89. The van der Waals surface area contributed by atoms with Crippen LogP contribution in [0.25, 0.3) is 0 Å². The van der Waals surface area contributed by atoms with Gasteiger partial charge in [0.1, 0.15) is 5.76 Å². The van der Waals surface area contributed by atoms with Crippen molar-refractivity contribution in [3.8, 4) is 0 Å². The normalized spacial score (nSPS) is 13.1. The Kier molecular flexibility index (Phi) is 6.78. The van der Waals surface area contributed by atoms with Crippen molar-refractivity contribution < 1.29 is 17.6 Å². The zero-order chi connectivity index (χ0) is 22.1. The third-order valence-electron chi connectivity index (χ3n) is 5.37. The van der Waals surface area contributed by atoms with Crippen molar-refractivity contribution in [2.75, 3.05) is 0 Å². The highest BCUT2D eigenvalue weighted by Gasteiger charge is 2.35. The van der Waals surface area contributed by atoms with E-state index in [1.54, 1.807) is 0 Å². The van der Waals surface area contributed by atoms with Gasteiger partial charge in [0.05, 0.1) is 6.04 Å². The largest absolute Gasteiger partial charge is 0.455 e. The molecular formula is C24H25BrF3NO. The topological polar surface area (TPSA) is 16.4 Å². The monoisotopic (exact) mass is 479 g/mol. The molecule has 0 N–H and O–H groups in total. The Balaban J connectivity index is 1.94. The fourth-order valence-electron chi connectivity index (χ4n) is 3.73. The average Bonchev–Trinajstić information content (AvgIpc) is 3.15. The van der Waals surface area contributed by atoms with Crippen LogP contribution in [0.3, 0.4) is 0 Å². The Morgan fingerprint density at radius 2 is 1.53 bits per heavy atom. The molecule has 0 aliphatic heterocycles. The van der Waals surface area contributed by atoms with E-state index in [0.717, 1.165) is 16.1 Å². The smallest absolute Gasteiger partial charge is 0.449 e. The SMILES string of the molecule is Cc1cc(C)c(CN(Cc2ccc(Br)cc2)C(C)c2ccc(C(F)(F)F)o2)c(C)c1. The highest BCUT2D eigenvalue weighted by Crippen LogP contribution is 2.34. The van der Waals surface area contributed by atoms with Gasteiger partial charge in [-0.05, 0) is 74.2 Å². The van der Waals surface area contributed by atoms with E-state index in [-0.39, 0.29) is 6.04 Å². The highest BCUT2D eigenvalue weighted by molar-refractivity contribution is 9.10. The Labute approximate surface area is 183 Å². The summed E-state index contributed by atoms with van der Waals surface area (Å²) in [5.41, 5.74) is 5.82. The molecule has 0 saturated carbocycles. The van der Waals surface area contributed by atoms with Crippen LogP contribution in [0.4, 0.5) is 13.2 Å². The lowest BCUT2D eigenvalue weighted by Gasteiger charge is -2.29. The number of benzene rings is 2. The average molecular weight is 480 g/mol. The van der Waals surface area contributed by atoms with Crippen LogP contribution in [0.5, 0.6) is 0 Å². The lowest BCUT2D eigenvalue weighted by atomic mass is 9.98. The fourth-order valence-corrected chi connectivity index (χ4v) is 3.99. The molecule has 30 heavy (non-hydrogen) atoms. The summed E-state index contributed by atoms with van der Waals surface area (Å²) in [5, 5.41) is 0. The quantitative estimate of drug-likeness (QED) is 0.359. The van der Waals surface area contributed by atoms with Gasteiger partial charge in [0.25, 0.3) is 0 Å². The highest BCUT2D eigenvalue weighted by atomic mass is 79.9. The van der Waals surface area contributed by atoms with Crippen LogP contribution < -0.4 is 0 Å². The van der Waals surface area contributed by atoms with Crippen molar-refractivity contribution in [2.45, 2.75) is 53.0 Å². The molecule has 0 aliphatic rings. The number of hydrogen-bond acceptors (Lipinski definition) is 2. The Morgan fingerprint density at radius 1 is 0.933 bits per heavy atom. The summed E-state index contributed by atoms with van der Waals surface area (Å²) in [6.07, 6.45) is -4.49. The molecule has 160 valence electrons. The summed E-state index contributed by atoms with van der Waals surface area (Å²) in [7, 11) is 0. The second kappa shape index (κ2) is 8.98. The van der Waals surface area contributed by atoms with E-state index in [9.17, 15) is 13.2 Å². The number of rotatable bonds is 6. The molecule has 2 aromatic carbocycles. The van der Waals surface area contributed by atoms with Crippen molar-refractivity contribution in [2.24, 2.45) is 0 Å². The summed E-state index contributed by atoms with van der Waals surface area (Å²) in [5.74, 6) is -0.655. The Hall–Kier alpha value is -2.05. The second-order valence-electron chi connectivity index (χ2n) is 7.78. The number of aryl methyl sites for hydroxylation is 3. The van der Waals surface area contributed by atoms with Crippen molar-refractivity contribution in [1.82, 2.24) is 4.90 Å². The molecule has 1 aromatic heterocycles. The predicted molar refractivity (Wildman–Crippen MR) is 116 cm³/mol. The molecule has 1 heterocycles. The molecule has 0 radical (unpaired) electrons. The van der Waals surface area contributed by atoms with Gasteiger partial charge in [0.15, 0.2) is 0 Å². The summed E-state index contributed by atoms with van der Waals surface area (Å²) in [6.45, 7) is 9.30. The molecule has 0 bridgehead atoms. The van der Waals surface area contributed by atoms with Gasteiger partial charge in [0, 0.05) is 17.6 Å². The summed E-state index contributed by atoms with van der Waals surface area (Å²) >= 11 is 3.44. The Morgan fingerprint density at radius 3 is 2.07 bits per heavy atom. The molecule has 6 heteroatoms. The van der Waals surface area contributed by atoms with Gasteiger partial charge >= 0.3 is 6.18 Å². The first-order valence-corrected chi connectivity index (χ1v) is 10.6. The zero-order valence-corrected chi connectivity index (χ0v) is 19.1. The van der Waals surface area contributed by atoms with Gasteiger partial charge in [-0.3, -0.25) is 4.90 Å². The van der Waals surface area contributed by atoms with E-state index < -0.39 is 11.9 Å². The molecule has 1 unspecified atom stereocenters. The molecular weight excluding hydrogens is 455 g/mol. The third kappa shape index (κ3) is 5.35. The van der Waals surface area contributed by atoms with Crippen LogP contribution in [0.2, 0.25) is 0 Å². The first kappa shape index (κ1) is 22.6. The molecule has 1 atom stereocenters. The maximum Gasteiger partial charge on any atom is 0.449 e. The minimum Gasteiger partial charge on any atom is -0.455 e. The van der Waals surface area contributed by atoms with Crippen LogP contribution in [-0.4, -0.2) is 4.90 Å². The van der Waals surface area contributed by atoms with Crippen LogP contribution in [0.15, 0.2) is 57.4 Å². The van der Waals surface area contributed by atoms with Crippen LogP contribution in [0.1, 0.15) is 52.3 Å². The van der Waals surface area contributed by atoms with Crippen molar-refractivity contribution in [1.29, 1.82) is 0 Å². The van der Waals surface area contributed by atoms with Crippen molar-refractivity contribution >= 4 is 15.9 Å². The van der Waals surface area contributed by atoms with Gasteiger partial charge in [0.2, 0.25) is 5.76 Å². The summed E-state index contributed by atoms with van der Waals surface area (Å²) in [6, 6.07) is 14.3. The molecule has 2 nitrogen and oxygen atoms in total. The number of nitrogens with zero attached hydrogens (tertiary/aromatic N) is 1. The molecule has 0 fully saturated rings. The van der Waals surface area contributed by atoms with Crippen LogP contribution >= 0.6 is 15.9 Å². The number of halogens is 4. The van der Waals surface area contributed by atoms with E-state index in [1.165, 1.54) is 28.3 Å². The van der Waals surface area contributed by atoms with E-state index in [0.29, 0.717) is 18.8 Å². The number of furan rings is 1. The first-order valence-electron chi connectivity index (χ1n) is 9.76. The molecule has 3 aromatic rings. The van der Waals surface area contributed by atoms with Gasteiger partial charge in [-0.15, -0.1) is 0 Å². The molecule has 0 saturated heterocycles.